The lowest BCUT2D eigenvalue weighted by molar-refractivity contribution is -0.136. The van der Waals surface area contributed by atoms with E-state index in [4.69, 9.17) is 5.11 Å². The Morgan fingerprint density at radius 1 is 1.25 bits per heavy atom. The first kappa shape index (κ1) is 11.0. The second kappa shape index (κ2) is 3.83. The molecule has 5 heteroatoms. The Morgan fingerprint density at radius 2 is 2.00 bits per heavy atom. The van der Waals surface area contributed by atoms with Gasteiger partial charge in [0.2, 0.25) is 0 Å². The minimum Gasteiger partial charge on any atom is -0.396 e. The van der Waals surface area contributed by atoms with E-state index in [2.05, 4.69) is 4.98 Å². The van der Waals surface area contributed by atoms with Gasteiger partial charge in [-0.05, 0) is 24.1 Å². The lowest BCUT2D eigenvalue weighted by Crippen LogP contribution is -2.06. The van der Waals surface area contributed by atoms with Gasteiger partial charge in [0.05, 0.1) is 5.56 Å². The van der Waals surface area contributed by atoms with Crippen LogP contribution in [-0.4, -0.2) is 16.7 Å². The number of benzene rings is 1. The van der Waals surface area contributed by atoms with Crippen molar-refractivity contribution in [2.24, 2.45) is 0 Å². The monoisotopic (exact) mass is 229 g/mol. The average Bonchev–Trinajstić information content (AvgIpc) is 2.61. The molecule has 0 spiro atoms. The standard InChI is InChI=1S/C11H10F3NO/c12-11(13,14)8-2-1-3-9-10(8)7(4-5-16)6-15-9/h1-3,6,15-16H,4-5H2. The normalized spacial score (nSPS) is 12.2. The third kappa shape index (κ3) is 1.78. The molecule has 1 aromatic heterocycles. The van der Waals surface area contributed by atoms with Crippen LogP contribution in [0.1, 0.15) is 11.1 Å². The summed E-state index contributed by atoms with van der Waals surface area (Å²) in [6.45, 7) is -0.168. The van der Waals surface area contributed by atoms with E-state index >= 15 is 0 Å². The van der Waals surface area contributed by atoms with Gasteiger partial charge in [-0.25, -0.2) is 0 Å². The first-order valence-corrected chi connectivity index (χ1v) is 4.81. The lowest BCUT2D eigenvalue weighted by atomic mass is 10.0. The topological polar surface area (TPSA) is 36.0 Å². The van der Waals surface area contributed by atoms with Crippen molar-refractivity contribution in [1.29, 1.82) is 0 Å². The number of fused-ring (bicyclic) bond motifs is 1. The van der Waals surface area contributed by atoms with Gasteiger partial charge in [0.1, 0.15) is 0 Å². The van der Waals surface area contributed by atoms with Crippen LogP contribution in [0.5, 0.6) is 0 Å². The van der Waals surface area contributed by atoms with E-state index in [0.29, 0.717) is 11.1 Å². The smallest absolute Gasteiger partial charge is 0.396 e. The van der Waals surface area contributed by atoms with E-state index in [1.807, 2.05) is 0 Å². The maximum absolute atomic E-state index is 12.7. The van der Waals surface area contributed by atoms with Gasteiger partial charge in [-0.3, -0.25) is 0 Å². The number of aliphatic hydroxyl groups excluding tert-OH is 1. The fourth-order valence-corrected chi connectivity index (χ4v) is 1.81. The molecule has 16 heavy (non-hydrogen) atoms. The van der Waals surface area contributed by atoms with Crippen molar-refractivity contribution in [1.82, 2.24) is 4.98 Å². The minimum atomic E-state index is -4.37. The first-order valence-electron chi connectivity index (χ1n) is 4.81. The molecule has 86 valence electrons. The summed E-state index contributed by atoms with van der Waals surface area (Å²) in [6.07, 6.45) is -2.64. The molecule has 0 amide bonds. The number of rotatable bonds is 2. The number of H-pyrrole nitrogens is 1. The average molecular weight is 229 g/mol. The summed E-state index contributed by atoms with van der Waals surface area (Å²) >= 11 is 0. The maximum atomic E-state index is 12.7. The van der Waals surface area contributed by atoms with Crippen LogP contribution in [0.15, 0.2) is 24.4 Å². The van der Waals surface area contributed by atoms with Crippen LogP contribution in [0.3, 0.4) is 0 Å². The Morgan fingerprint density at radius 3 is 2.62 bits per heavy atom. The molecule has 0 atom stereocenters. The number of nitrogens with one attached hydrogen (secondary N) is 1. The number of aliphatic hydroxyl groups is 1. The number of hydrogen-bond donors (Lipinski definition) is 2. The van der Waals surface area contributed by atoms with Crippen LogP contribution >= 0.6 is 0 Å². The summed E-state index contributed by atoms with van der Waals surface area (Å²) in [5.41, 5.74) is 0.276. The quantitative estimate of drug-likeness (QED) is 0.816. The summed E-state index contributed by atoms with van der Waals surface area (Å²) in [5, 5.41) is 8.95. The fraction of sp³-hybridized carbons (Fsp3) is 0.273. The van der Waals surface area contributed by atoms with E-state index < -0.39 is 11.7 Å². The van der Waals surface area contributed by atoms with Crippen LogP contribution in [-0.2, 0) is 12.6 Å². The molecule has 2 nitrogen and oxygen atoms in total. The molecule has 0 saturated carbocycles. The number of aromatic nitrogens is 1. The van der Waals surface area contributed by atoms with Crippen LogP contribution in [0.4, 0.5) is 13.2 Å². The van der Waals surface area contributed by atoms with Crippen molar-refractivity contribution in [2.75, 3.05) is 6.61 Å². The Balaban J connectivity index is 2.68. The van der Waals surface area contributed by atoms with Crippen molar-refractivity contribution >= 4 is 10.9 Å². The predicted octanol–water partition coefficient (Wildman–Crippen LogP) is 2.72. The molecule has 2 N–H and O–H groups in total. The Hall–Kier alpha value is -1.49. The van der Waals surface area contributed by atoms with Crippen LogP contribution in [0, 0.1) is 0 Å². The Bertz CT molecular complexity index is 501. The molecule has 0 bridgehead atoms. The largest absolute Gasteiger partial charge is 0.417 e. The van der Waals surface area contributed by atoms with Gasteiger partial charge < -0.3 is 10.1 Å². The van der Waals surface area contributed by atoms with E-state index in [1.165, 1.54) is 12.3 Å². The van der Waals surface area contributed by atoms with Crippen molar-refractivity contribution in [3.63, 3.8) is 0 Å². The van der Waals surface area contributed by atoms with Gasteiger partial charge in [0, 0.05) is 23.7 Å². The van der Waals surface area contributed by atoms with Crippen LogP contribution < -0.4 is 0 Å². The molecule has 0 radical (unpaired) electrons. The Kier molecular flexibility index (Phi) is 2.63. The summed E-state index contributed by atoms with van der Waals surface area (Å²) in [5.74, 6) is 0. The molecule has 0 aliphatic carbocycles. The molecular formula is C11H10F3NO. The van der Waals surface area contributed by atoms with Gasteiger partial charge in [-0.1, -0.05) is 6.07 Å². The highest BCUT2D eigenvalue weighted by Crippen LogP contribution is 2.36. The molecule has 2 aromatic rings. The fourth-order valence-electron chi connectivity index (χ4n) is 1.81. The second-order valence-corrected chi connectivity index (χ2v) is 3.51. The first-order chi connectivity index (χ1) is 7.54. The molecule has 2 rings (SSSR count). The molecule has 1 aromatic carbocycles. The Labute approximate surface area is 89.7 Å². The summed E-state index contributed by atoms with van der Waals surface area (Å²) < 4.78 is 38.2. The molecular weight excluding hydrogens is 219 g/mol. The zero-order chi connectivity index (χ0) is 11.8. The molecule has 0 saturated heterocycles. The summed E-state index contributed by atoms with van der Waals surface area (Å²) in [7, 11) is 0. The van der Waals surface area contributed by atoms with Crippen LogP contribution in [0.25, 0.3) is 10.9 Å². The van der Waals surface area contributed by atoms with Gasteiger partial charge in [-0.15, -0.1) is 0 Å². The third-order valence-corrected chi connectivity index (χ3v) is 2.47. The highest BCUT2D eigenvalue weighted by Gasteiger charge is 2.33. The number of halogens is 3. The SMILES string of the molecule is OCCc1c[nH]c2cccc(C(F)(F)F)c12. The van der Waals surface area contributed by atoms with Gasteiger partial charge in [0.15, 0.2) is 0 Å². The van der Waals surface area contributed by atoms with Crippen molar-refractivity contribution < 1.29 is 18.3 Å². The van der Waals surface area contributed by atoms with E-state index in [-0.39, 0.29) is 18.4 Å². The van der Waals surface area contributed by atoms with Gasteiger partial charge >= 0.3 is 6.18 Å². The predicted molar refractivity (Wildman–Crippen MR) is 54.1 cm³/mol. The third-order valence-electron chi connectivity index (χ3n) is 2.47. The number of alkyl halides is 3. The van der Waals surface area contributed by atoms with E-state index in [0.717, 1.165) is 6.07 Å². The van der Waals surface area contributed by atoms with Crippen LogP contribution in [0.2, 0.25) is 0 Å². The lowest BCUT2D eigenvalue weighted by Gasteiger charge is -2.09. The molecule has 0 unspecified atom stereocenters. The molecule has 1 heterocycles. The zero-order valence-corrected chi connectivity index (χ0v) is 8.30. The summed E-state index contributed by atoms with van der Waals surface area (Å²) in [6, 6.07) is 4.01. The zero-order valence-electron chi connectivity index (χ0n) is 8.30. The van der Waals surface area contributed by atoms with Gasteiger partial charge in [0.25, 0.3) is 0 Å². The second-order valence-electron chi connectivity index (χ2n) is 3.51. The van der Waals surface area contributed by atoms with Crippen molar-refractivity contribution in [2.45, 2.75) is 12.6 Å². The van der Waals surface area contributed by atoms with E-state index in [9.17, 15) is 13.2 Å². The molecule has 0 aliphatic rings. The number of aromatic amines is 1. The molecule has 0 fully saturated rings. The maximum Gasteiger partial charge on any atom is 0.417 e. The van der Waals surface area contributed by atoms with E-state index in [1.54, 1.807) is 6.07 Å². The van der Waals surface area contributed by atoms with Gasteiger partial charge in [-0.2, -0.15) is 13.2 Å². The van der Waals surface area contributed by atoms with Crippen molar-refractivity contribution in [3.8, 4) is 0 Å². The van der Waals surface area contributed by atoms with Crippen molar-refractivity contribution in [3.05, 3.63) is 35.5 Å². The highest BCUT2D eigenvalue weighted by atomic mass is 19.4. The molecule has 0 aliphatic heterocycles. The summed E-state index contributed by atoms with van der Waals surface area (Å²) in [4.78, 5) is 2.77. The highest BCUT2D eigenvalue weighted by molar-refractivity contribution is 5.87. The minimum absolute atomic E-state index is 0.157. The number of hydrogen-bond acceptors (Lipinski definition) is 1.